The van der Waals surface area contributed by atoms with Gasteiger partial charge in [-0.2, -0.15) is 0 Å². The molecule has 0 amide bonds. The number of aliphatic imine (C=N–C) groups is 1. The van der Waals surface area contributed by atoms with Crippen LogP contribution in [0, 0.1) is 0 Å². The van der Waals surface area contributed by atoms with E-state index < -0.39 is 0 Å². The Balaban J connectivity index is 3.27. The lowest BCUT2D eigenvalue weighted by Gasteiger charge is -1.64. The molecule has 0 aliphatic rings. The fraction of sp³-hybridized carbons (Fsp3) is 0. The molecule has 38 valence electrons. The molecule has 7 heavy (non-hydrogen) atoms. The number of nitrogens with zero attached hydrogens (tertiary/aromatic N) is 1. The highest BCUT2D eigenvalue weighted by Crippen LogP contribution is 1.79. The molecule has 0 saturated carbocycles. The van der Waals surface area contributed by atoms with Crippen LogP contribution in [0.2, 0.25) is 0 Å². The number of halogens is 1. The minimum atomic E-state index is 1.40. The van der Waals surface area contributed by atoms with E-state index in [-0.39, 0.29) is 0 Å². The van der Waals surface area contributed by atoms with E-state index >= 15 is 0 Å². The zero-order valence-corrected chi connectivity index (χ0v) is 4.60. The molecular weight excluding hydrogens is 110 g/mol. The van der Waals surface area contributed by atoms with Crippen molar-refractivity contribution in [2.45, 2.75) is 0 Å². The molecule has 2 heteroatoms. The Morgan fingerprint density at radius 3 is 2.57 bits per heavy atom. The van der Waals surface area contributed by atoms with E-state index in [1.807, 2.05) is 0 Å². The topological polar surface area (TPSA) is 12.4 Å². The van der Waals surface area contributed by atoms with Gasteiger partial charge in [-0.15, -0.1) is 0 Å². The van der Waals surface area contributed by atoms with Crippen molar-refractivity contribution < 1.29 is 0 Å². The molecule has 0 rings (SSSR count). The van der Waals surface area contributed by atoms with Gasteiger partial charge in [-0.3, -0.25) is 4.99 Å². The van der Waals surface area contributed by atoms with Gasteiger partial charge < -0.3 is 0 Å². The third-order valence-electron chi connectivity index (χ3n) is 0.375. The van der Waals surface area contributed by atoms with E-state index in [0.717, 1.165) is 0 Å². The molecule has 0 saturated heterocycles. The predicted molar refractivity (Wildman–Crippen MR) is 33.7 cm³/mol. The molecule has 0 heterocycles. The Bertz CT molecular complexity index is 94.3. The predicted octanol–water partition coefficient (Wildman–Crippen LogP) is 1.95. The second-order valence-electron chi connectivity index (χ2n) is 0.843. The third kappa shape index (κ3) is 5.44. The molecule has 0 radical (unpaired) electrons. The lowest BCUT2D eigenvalue weighted by molar-refractivity contribution is 1.62. The summed E-state index contributed by atoms with van der Waals surface area (Å²) in [6.07, 6.45) is 4.91. The molecule has 0 unspecified atom stereocenters. The van der Waals surface area contributed by atoms with Crippen molar-refractivity contribution in [1.82, 2.24) is 0 Å². The second-order valence-corrected chi connectivity index (χ2v) is 1.09. The minimum absolute atomic E-state index is 1.40. The van der Waals surface area contributed by atoms with E-state index in [0.29, 0.717) is 0 Å². The highest BCUT2D eigenvalue weighted by atomic mass is 35.5. The van der Waals surface area contributed by atoms with Crippen LogP contribution in [0.25, 0.3) is 0 Å². The molecule has 1 nitrogen and oxygen atoms in total. The summed E-state index contributed by atoms with van der Waals surface area (Å²) in [5.74, 6) is 0. The highest BCUT2D eigenvalue weighted by Gasteiger charge is 1.53. The summed E-state index contributed by atoms with van der Waals surface area (Å²) in [5.41, 5.74) is 1.40. The van der Waals surface area contributed by atoms with Gasteiger partial charge in [0.15, 0.2) is 0 Å². The lowest BCUT2D eigenvalue weighted by atomic mass is 10.6. The van der Waals surface area contributed by atoms with Crippen molar-refractivity contribution in [1.29, 1.82) is 0 Å². The number of rotatable bonds is 2. The maximum Gasteiger partial charge on any atom is 0.0260 e. The lowest BCUT2D eigenvalue weighted by Crippen LogP contribution is -1.42. The molecule has 0 spiro atoms. The summed E-state index contributed by atoms with van der Waals surface area (Å²) in [5, 5.41) is 0. The molecule has 0 fully saturated rings. The molecule has 0 aromatic carbocycles. The molecule has 0 aromatic rings. The molecule has 0 bridgehead atoms. The van der Waals surface area contributed by atoms with Crippen LogP contribution in [0.1, 0.15) is 0 Å². The monoisotopic (exact) mass is 115 g/mol. The maximum atomic E-state index is 5.14. The summed E-state index contributed by atoms with van der Waals surface area (Å²) >= 11 is 5.14. The molecule has 0 aliphatic carbocycles. The quantitative estimate of drug-likeness (QED) is 0.385. The van der Waals surface area contributed by atoms with Gasteiger partial charge in [0.1, 0.15) is 0 Å². The first-order chi connectivity index (χ1) is 3.41. The van der Waals surface area contributed by atoms with Gasteiger partial charge in [-0.05, 0) is 18.9 Å². The van der Waals surface area contributed by atoms with E-state index in [9.17, 15) is 0 Å². The van der Waals surface area contributed by atoms with Gasteiger partial charge in [0.25, 0.3) is 0 Å². The smallest absolute Gasteiger partial charge is 0.0260 e. The first-order valence-corrected chi connectivity index (χ1v) is 2.23. The average Bonchev–Trinajstić information content (AvgIpc) is 1.69. The van der Waals surface area contributed by atoms with Gasteiger partial charge in [0, 0.05) is 11.7 Å². The van der Waals surface area contributed by atoms with Crippen LogP contribution in [0.15, 0.2) is 28.9 Å². The summed E-state index contributed by atoms with van der Waals surface area (Å²) in [6.45, 7) is 3.22. The maximum absolute atomic E-state index is 5.14. The van der Waals surface area contributed by atoms with Crippen molar-refractivity contribution in [2.24, 2.45) is 4.99 Å². The van der Waals surface area contributed by atoms with Crippen molar-refractivity contribution in [3.05, 3.63) is 23.9 Å². The normalized spacial score (nSPS) is 11.0. The second kappa shape index (κ2) is 5.44. The van der Waals surface area contributed by atoms with Gasteiger partial charge in [-0.1, -0.05) is 11.6 Å². The fourth-order valence-corrected chi connectivity index (χ4v) is 0.237. The largest absolute Gasteiger partial charge is 0.273 e. The number of hydrogen-bond acceptors (Lipinski definition) is 1. The summed E-state index contributed by atoms with van der Waals surface area (Å²) < 4.78 is 0. The van der Waals surface area contributed by atoms with Crippen LogP contribution < -0.4 is 0 Å². The van der Waals surface area contributed by atoms with Crippen LogP contribution in [-0.2, 0) is 0 Å². The minimum Gasteiger partial charge on any atom is -0.273 e. The van der Waals surface area contributed by atoms with E-state index in [2.05, 4.69) is 11.7 Å². The first kappa shape index (κ1) is 6.44. The number of allylic oxidation sites excluding steroid dienone is 2. The molecular formula is C5H6ClN. The van der Waals surface area contributed by atoms with E-state index in [4.69, 9.17) is 11.6 Å². The Kier molecular flexibility index (Phi) is 5.00. The molecule has 0 aliphatic heterocycles. The molecule has 0 atom stereocenters. The van der Waals surface area contributed by atoms with Crippen LogP contribution in [0.5, 0.6) is 0 Å². The zero-order chi connectivity index (χ0) is 5.54. The molecule has 0 aromatic heterocycles. The number of hydrogen-bond donors (Lipinski definition) is 0. The van der Waals surface area contributed by atoms with Crippen LogP contribution in [0.3, 0.4) is 0 Å². The van der Waals surface area contributed by atoms with Crippen LogP contribution in [0.4, 0.5) is 0 Å². The van der Waals surface area contributed by atoms with Crippen molar-refractivity contribution in [3.8, 4) is 0 Å². The van der Waals surface area contributed by atoms with Gasteiger partial charge in [-0.25, -0.2) is 0 Å². The Labute approximate surface area is 48.0 Å². The summed E-state index contributed by atoms with van der Waals surface area (Å²) in [7, 11) is 0. The highest BCUT2D eigenvalue weighted by molar-refractivity contribution is 6.25. The average molecular weight is 116 g/mol. The van der Waals surface area contributed by atoms with Crippen molar-refractivity contribution in [3.63, 3.8) is 0 Å². The van der Waals surface area contributed by atoms with E-state index in [1.54, 1.807) is 18.4 Å². The van der Waals surface area contributed by atoms with Gasteiger partial charge in [0.05, 0.1) is 0 Å². The van der Waals surface area contributed by atoms with Crippen LogP contribution >= 0.6 is 11.6 Å². The van der Waals surface area contributed by atoms with E-state index in [1.165, 1.54) is 5.54 Å². The Morgan fingerprint density at radius 1 is 1.43 bits per heavy atom. The van der Waals surface area contributed by atoms with Gasteiger partial charge >= 0.3 is 0 Å². The van der Waals surface area contributed by atoms with Crippen molar-refractivity contribution >= 4 is 18.3 Å². The standard InChI is InChI=1S/C5H6ClN/c1-7-5-3-2-4-6/h2-5H,1H2/b4-2+,5-3-. The Morgan fingerprint density at radius 2 is 2.14 bits per heavy atom. The zero-order valence-electron chi connectivity index (χ0n) is 3.84. The first-order valence-electron chi connectivity index (χ1n) is 1.79. The SMILES string of the molecule is C=N/C=C\C=C\Cl. The van der Waals surface area contributed by atoms with Crippen molar-refractivity contribution in [2.75, 3.05) is 0 Å². The van der Waals surface area contributed by atoms with Gasteiger partial charge in [0.2, 0.25) is 0 Å². The molecule has 0 N–H and O–H groups in total. The third-order valence-corrected chi connectivity index (χ3v) is 0.521. The summed E-state index contributed by atoms with van der Waals surface area (Å²) in [6, 6.07) is 0. The summed E-state index contributed by atoms with van der Waals surface area (Å²) in [4.78, 5) is 3.43. The fourth-order valence-electron chi connectivity index (χ4n) is 0.153. The Hall–Kier alpha value is -0.560. The van der Waals surface area contributed by atoms with Crippen LogP contribution in [-0.4, -0.2) is 6.72 Å².